The lowest BCUT2D eigenvalue weighted by atomic mass is 10.1. The maximum Gasteiger partial charge on any atom is 0.194 e. The first-order valence-corrected chi connectivity index (χ1v) is 10.0. The molecule has 0 bridgehead atoms. The Morgan fingerprint density at radius 1 is 1.48 bits per heavy atom. The Bertz CT molecular complexity index is 698. The Hall–Kier alpha value is -0.840. The molecule has 0 unspecified atom stereocenters. The number of guanidine groups is 1. The lowest BCUT2D eigenvalue weighted by Gasteiger charge is -2.39. The highest BCUT2D eigenvalue weighted by molar-refractivity contribution is 14.0. The van der Waals surface area contributed by atoms with Crippen LogP contribution in [0, 0.1) is 0 Å². The first-order chi connectivity index (χ1) is 11.2. The van der Waals surface area contributed by atoms with Gasteiger partial charge < -0.3 is 14.7 Å². The summed E-state index contributed by atoms with van der Waals surface area (Å²) in [5.74, 6) is 1.87. The highest BCUT2D eigenvalue weighted by Crippen LogP contribution is 2.24. The van der Waals surface area contributed by atoms with E-state index in [0.29, 0.717) is 37.3 Å². The fourth-order valence-corrected chi connectivity index (χ4v) is 3.94. The smallest absolute Gasteiger partial charge is 0.194 e. The van der Waals surface area contributed by atoms with Gasteiger partial charge in [-0.1, -0.05) is 19.0 Å². The zero-order chi connectivity index (χ0) is 18.0. The molecule has 7 nitrogen and oxygen atoms in total. The summed E-state index contributed by atoms with van der Waals surface area (Å²) in [4.78, 5) is 6.60. The van der Waals surface area contributed by atoms with Crippen molar-refractivity contribution >= 4 is 39.8 Å². The molecule has 25 heavy (non-hydrogen) atoms. The van der Waals surface area contributed by atoms with E-state index in [4.69, 9.17) is 4.52 Å². The van der Waals surface area contributed by atoms with Crippen LogP contribution in [0.3, 0.4) is 0 Å². The Morgan fingerprint density at radius 3 is 2.68 bits per heavy atom. The van der Waals surface area contributed by atoms with Crippen LogP contribution in [0.25, 0.3) is 0 Å². The number of nitrogens with one attached hydrogen (secondary N) is 1. The first-order valence-electron chi connectivity index (χ1n) is 8.37. The van der Waals surface area contributed by atoms with Crippen LogP contribution < -0.4 is 5.32 Å². The van der Waals surface area contributed by atoms with Crippen LogP contribution in [-0.4, -0.2) is 54.6 Å². The quantitative estimate of drug-likeness (QED) is 0.401. The number of nitrogens with zero attached hydrogens (tertiary/aromatic N) is 3. The maximum atomic E-state index is 12.2. The molecule has 1 aliphatic rings. The van der Waals surface area contributed by atoms with Crippen LogP contribution in [0.1, 0.15) is 52.0 Å². The molecule has 1 aliphatic heterocycles. The number of halogens is 1. The minimum Gasteiger partial charge on any atom is -0.359 e. The fourth-order valence-electron chi connectivity index (χ4n) is 2.58. The summed E-state index contributed by atoms with van der Waals surface area (Å²) in [6, 6.07) is 1.92. The lowest BCUT2D eigenvalue weighted by molar-refractivity contribution is 0.350. The molecule has 1 aromatic heterocycles. The predicted octanol–water partition coefficient (Wildman–Crippen LogP) is 2.39. The van der Waals surface area contributed by atoms with E-state index in [1.807, 2.05) is 17.9 Å². The van der Waals surface area contributed by atoms with Crippen molar-refractivity contribution in [1.82, 2.24) is 15.4 Å². The number of sulfone groups is 1. The van der Waals surface area contributed by atoms with Crippen LogP contribution in [0.15, 0.2) is 15.6 Å². The zero-order valence-corrected chi connectivity index (χ0v) is 18.7. The van der Waals surface area contributed by atoms with Gasteiger partial charge in [-0.25, -0.2) is 13.4 Å². The van der Waals surface area contributed by atoms with E-state index >= 15 is 0 Å². The molecule has 0 atom stereocenters. The first kappa shape index (κ1) is 22.2. The van der Waals surface area contributed by atoms with Crippen LogP contribution in [0.2, 0.25) is 0 Å². The van der Waals surface area contributed by atoms with Crippen LogP contribution >= 0.6 is 24.0 Å². The van der Waals surface area contributed by atoms with Gasteiger partial charge in [-0.15, -0.1) is 24.0 Å². The molecule has 0 aliphatic carbocycles. The molecule has 9 heteroatoms. The van der Waals surface area contributed by atoms with Gasteiger partial charge in [-0.05, 0) is 26.7 Å². The van der Waals surface area contributed by atoms with Crippen molar-refractivity contribution in [2.75, 3.05) is 25.4 Å². The van der Waals surface area contributed by atoms with Crippen molar-refractivity contribution in [3.8, 4) is 0 Å². The van der Waals surface area contributed by atoms with Gasteiger partial charge in [-0.2, -0.15) is 0 Å². The van der Waals surface area contributed by atoms with Crippen molar-refractivity contribution in [3.63, 3.8) is 0 Å². The van der Waals surface area contributed by atoms with Crippen LogP contribution in [-0.2, 0) is 16.4 Å². The van der Waals surface area contributed by atoms with E-state index in [0.717, 1.165) is 12.2 Å². The molecule has 1 fully saturated rings. The third-order valence-corrected chi connectivity index (χ3v) is 6.76. The normalized spacial score (nSPS) is 19.6. The average Bonchev–Trinajstić information content (AvgIpc) is 2.95. The number of aromatic nitrogens is 1. The molecule has 144 valence electrons. The number of hydrogen-bond donors (Lipinski definition) is 1. The van der Waals surface area contributed by atoms with Crippen molar-refractivity contribution in [1.29, 1.82) is 0 Å². The van der Waals surface area contributed by atoms with E-state index < -0.39 is 14.6 Å². The number of aliphatic imine (C=N–C) groups is 1. The van der Waals surface area contributed by atoms with Gasteiger partial charge in [0.1, 0.15) is 6.54 Å². The molecule has 2 rings (SSSR count). The van der Waals surface area contributed by atoms with E-state index in [9.17, 15) is 8.42 Å². The zero-order valence-electron chi connectivity index (χ0n) is 15.6. The second-order valence-electron chi connectivity index (χ2n) is 7.04. The SMILES string of the molecule is CCNC(=NCc1cc(C(C)C)no1)N1CCS(=O)(=O)C(C)(C)C1.I. The monoisotopic (exact) mass is 484 g/mol. The van der Waals surface area contributed by atoms with Gasteiger partial charge in [0, 0.05) is 25.7 Å². The predicted molar refractivity (Wildman–Crippen MR) is 110 cm³/mol. The van der Waals surface area contributed by atoms with Crippen LogP contribution in [0.5, 0.6) is 0 Å². The standard InChI is InChI=1S/C16H28N4O3S.HI/c1-6-17-15(18-10-13-9-14(12(2)3)19-23-13)20-7-8-24(21,22)16(4,5)11-20;/h9,12H,6-8,10-11H2,1-5H3,(H,17,18);1H. The molecule has 1 N–H and O–H groups in total. The minimum absolute atomic E-state index is 0. The highest BCUT2D eigenvalue weighted by Gasteiger charge is 2.40. The third kappa shape index (κ3) is 5.32. The molecule has 0 radical (unpaired) electrons. The molecular formula is C16H29IN4O3S. The van der Waals surface area contributed by atoms with Gasteiger partial charge >= 0.3 is 0 Å². The van der Waals surface area contributed by atoms with E-state index in [2.05, 4.69) is 29.3 Å². The summed E-state index contributed by atoms with van der Waals surface area (Å²) < 4.78 is 28.9. The molecule has 0 amide bonds. The fraction of sp³-hybridized carbons (Fsp3) is 0.750. The van der Waals surface area contributed by atoms with Crippen molar-refractivity contribution < 1.29 is 12.9 Å². The van der Waals surface area contributed by atoms with E-state index in [1.54, 1.807) is 13.8 Å². The van der Waals surface area contributed by atoms with Crippen molar-refractivity contribution in [2.24, 2.45) is 4.99 Å². The molecule has 1 saturated heterocycles. The van der Waals surface area contributed by atoms with Gasteiger partial charge in [0.05, 0.1) is 16.2 Å². The second kappa shape index (κ2) is 8.70. The second-order valence-corrected chi connectivity index (χ2v) is 9.79. The summed E-state index contributed by atoms with van der Waals surface area (Å²) in [7, 11) is -3.07. The minimum atomic E-state index is -3.07. The summed E-state index contributed by atoms with van der Waals surface area (Å²) in [5, 5.41) is 7.27. The third-order valence-electron chi connectivity index (χ3n) is 4.23. The Labute approximate surface area is 167 Å². The van der Waals surface area contributed by atoms with Gasteiger partial charge in [0.2, 0.25) is 0 Å². The lowest BCUT2D eigenvalue weighted by Crippen LogP contribution is -2.57. The molecule has 2 heterocycles. The largest absolute Gasteiger partial charge is 0.359 e. The molecule has 0 saturated carbocycles. The van der Waals surface area contributed by atoms with Crippen molar-refractivity contribution in [3.05, 3.63) is 17.5 Å². The Morgan fingerprint density at radius 2 is 2.16 bits per heavy atom. The highest BCUT2D eigenvalue weighted by atomic mass is 127. The Kier molecular flexibility index (Phi) is 7.72. The van der Waals surface area contributed by atoms with E-state index in [1.165, 1.54) is 0 Å². The summed E-state index contributed by atoms with van der Waals surface area (Å²) in [6.07, 6.45) is 0. The summed E-state index contributed by atoms with van der Waals surface area (Å²) in [5.41, 5.74) is 0.912. The molecule has 1 aromatic rings. The van der Waals surface area contributed by atoms with Gasteiger partial charge in [0.15, 0.2) is 21.6 Å². The molecule has 0 spiro atoms. The summed E-state index contributed by atoms with van der Waals surface area (Å²) in [6.45, 7) is 11.6. The summed E-state index contributed by atoms with van der Waals surface area (Å²) >= 11 is 0. The van der Waals surface area contributed by atoms with Crippen molar-refractivity contribution in [2.45, 2.75) is 51.8 Å². The van der Waals surface area contributed by atoms with Gasteiger partial charge in [-0.3, -0.25) is 0 Å². The van der Waals surface area contributed by atoms with E-state index in [-0.39, 0.29) is 29.7 Å². The maximum absolute atomic E-state index is 12.2. The Balaban J connectivity index is 0.00000312. The van der Waals surface area contributed by atoms with Crippen LogP contribution in [0.4, 0.5) is 0 Å². The number of rotatable bonds is 4. The average molecular weight is 484 g/mol. The molecular weight excluding hydrogens is 455 g/mol. The molecule has 0 aromatic carbocycles. The van der Waals surface area contributed by atoms with Gasteiger partial charge in [0.25, 0.3) is 0 Å². The number of hydrogen-bond acceptors (Lipinski definition) is 5. The topological polar surface area (TPSA) is 87.8 Å².